The third kappa shape index (κ3) is 2.22. The molecule has 166 valence electrons. The van der Waals surface area contributed by atoms with Gasteiger partial charge in [0, 0.05) is 33.9 Å². The van der Waals surface area contributed by atoms with E-state index in [9.17, 15) is 0 Å². The third-order valence-corrected chi connectivity index (χ3v) is 8.15. The Morgan fingerprint density at radius 2 is 0.806 bits per heavy atom. The van der Waals surface area contributed by atoms with Crippen molar-refractivity contribution >= 4 is 59.0 Å². The van der Waals surface area contributed by atoms with Crippen molar-refractivity contribution in [3.63, 3.8) is 0 Å². The van der Waals surface area contributed by atoms with Gasteiger partial charge in [-0.3, -0.25) is 0 Å². The molecule has 4 nitrogen and oxygen atoms in total. The molecule has 4 aliphatic heterocycles. The second-order valence-electron chi connectivity index (χ2n) is 9.93. The standard InChI is InChI=1S/C30H20B2N4/c1-5-13-27-19(9-1)21-17-24-22(18-23(21)31-33-25-11-3-7-15-29(25)35(27)31)20-10-2-6-14-28(20)36-30-16-8-4-12-26(30)34-32(24)36/h1-18,33-34H. The van der Waals surface area contributed by atoms with Gasteiger partial charge in [0.25, 0.3) is 0 Å². The highest BCUT2D eigenvalue weighted by molar-refractivity contribution is 6.87. The molecule has 0 atom stereocenters. The highest BCUT2D eigenvalue weighted by atomic mass is 15.2. The summed E-state index contributed by atoms with van der Waals surface area (Å²) in [6.45, 7) is 0.132. The maximum Gasteiger partial charge on any atom is 0.414 e. The topological polar surface area (TPSA) is 30.5 Å². The van der Waals surface area contributed by atoms with Crippen molar-refractivity contribution in [2.45, 2.75) is 0 Å². The Morgan fingerprint density at radius 1 is 0.417 bits per heavy atom. The first-order valence-electron chi connectivity index (χ1n) is 12.5. The van der Waals surface area contributed by atoms with E-state index >= 15 is 0 Å². The number of para-hydroxylation sites is 6. The predicted molar refractivity (Wildman–Crippen MR) is 152 cm³/mol. The van der Waals surface area contributed by atoms with E-state index in [0.717, 1.165) is 0 Å². The predicted octanol–water partition coefficient (Wildman–Crippen LogP) is 5.57. The zero-order valence-corrected chi connectivity index (χ0v) is 19.4. The van der Waals surface area contributed by atoms with Crippen molar-refractivity contribution in [1.82, 2.24) is 0 Å². The van der Waals surface area contributed by atoms with E-state index in [1.54, 1.807) is 0 Å². The molecule has 0 amide bonds. The van der Waals surface area contributed by atoms with Crippen molar-refractivity contribution < 1.29 is 0 Å². The average molecular weight is 458 g/mol. The molecule has 0 unspecified atom stereocenters. The van der Waals surface area contributed by atoms with E-state index in [1.165, 1.54) is 67.3 Å². The third-order valence-electron chi connectivity index (χ3n) is 8.15. The van der Waals surface area contributed by atoms with Crippen LogP contribution in [-0.4, -0.2) is 14.0 Å². The smallest absolute Gasteiger partial charge is 0.403 e. The number of nitrogens with one attached hydrogen (secondary N) is 2. The van der Waals surface area contributed by atoms with Crippen LogP contribution in [0.2, 0.25) is 0 Å². The van der Waals surface area contributed by atoms with Crippen LogP contribution >= 0.6 is 0 Å². The monoisotopic (exact) mass is 458 g/mol. The molecular weight excluding hydrogens is 438 g/mol. The summed E-state index contributed by atoms with van der Waals surface area (Å²) in [4.78, 5) is 4.92. The molecule has 0 fully saturated rings. The van der Waals surface area contributed by atoms with Gasteiger partial charge in [-0.15, -0.1) is 0 Å². The maximum absolute atomic E-state index is 3.82. The van der Waals surface area contributed by atoms with E-state index in [4.69, 9.17) is 0 Å². The molecule has 4 aliphatic rings. The van der Waals surface area contributed by atoms with E-state index in [0.29, 0.717) is 0 Å². The number of nitrogens with zero attached hydrogens (tertiary/aromatic N) is 2. The number of fused-ring (bicyclic) bond motifs is 16. The Bertz CT molecular complexity index is 1620. The Labute approximate surface area is 210 Å². The fraction of sp³-hybridized carbons (Fsp3) is 0. The van der Waals surface area contributed by atoms with E-state index in [2.05, 4.69) is 129 Å². The van der Waals surface area contributed by atoms with Crippen molar-refractivity contribution in [2.75, 3.05) is 20.1 Å². The molecule has 0 aliphatic carbocycles. The van der Waals surface area contributed by atoms with Crippen LogP contribution in [0.5, 0.6) is 0 Å². The molecule has 0 bridgehead atoms. The molecule has 2 N–H and O–H groups in total. The second kappa shape index (κ2) is 6.55. The molecule has 6 heteroatoms. The lowest BCUT2D eigenvalue weighted by Gasteiger charge is -2.37. The van der Waals surface area contributed by atoms with Crippen molar-refractivity contribution in [1.29, 1.82) is 0 Å². The summed E-state index contributed by atoms with van der Waals surface area (Å²) in [5.74, 6) is 0. The number of rotatable bonds is 0. The number of hydrogen-bond donors (Lipinski definition) is 2. The van der Waals surface area contributed by atoms with Gasteiger partial charge in [0.05, 0.1) is 11.4 Å². The number of anilines is 6. The summed E-state index contributed by atoms with van der Waals surface area (Å²) >= 11 is 0. The summed E-state index contributed by atoms with van der Waals surface area (Å²) in [6.07, 6.45) is 0. The van der Waals surface area contributed by atoms with Gasteiger partial charge in [-0.25, -0.2) is 0 Å². The van der Waals surface area contributed by atoms with Crippen LogP contribution in [0, 0.1) is 0 Å². The fourth-order valence-corrected chi connectivity index (χ4v) is 6.66. The average Bonchev–Trinajstić information content (AvgIpc) is 3.52. The first-order chi connectivity index (χ1) is 17.9. The van der Waals surface area contributed by atoms with Crippen LogP contribution in [0.4, 0.5) is 34.1 Å². The van der Waals surface area contributed by atoms with Gasteiger partial charge < -0.3 is 20.1 Å². The van der Waals surface area contributed by atoms with Crippen LogP contribution in [0.15, 0.2) is 109 Å². The molecular formula is C30H20B2N4. The Hall–Kier alpha value is -4.57. The van der Waals surface area contributed by atoms with Gasteiger partial charge >= 0.3 is 14.0 Å². The van der Waals surface area contributed by atoms with Crippen LogP contribution in [0.25, 0.3) is 22.3 Å². The Kier molecular flexibility index (Phi) is 3.41. The first kappa shape index (κ1) is 18.7. The number of benzene rings is 5. The molecule has 5 aromatic carbocycles. The van der Waals surface area contributed by atoms with E-state index in [1.807, 2.05) is 0 Å². The lowest BCUT2D eigenvalue weighted by molar-refractivity contribution is 1.38. The molecule has 0 spiro atoms. The van der Waals surface area contributed by atoms with Crippen LogP contribution in [-0.2, 0) is 0 Å². The van der Waals surface area contributed by atoms with Gasteiger partial charge in [0.15, 0.2) is 0 Å². The highest BCUT2D eigenvalue weighted by Crippen LogP contribution is 2.49. The summed E-state index contributed by atoms with van der Waals surface area (Å²) in [6, 6.07) is 39.8. The molecule has 5 aromatic rings. The zero-order valence-electron chi connectivity index (χ0n) is 19.4. The minimum Gasteiger partial charge on any atom is -0.403 e. The minimum atomic E-state index is 0.0662. The molecule has 36 heavy (non-hydrogen) atoms. The lowest BCUT2D eigenvalue weighted by Crippen LogP contribution is -2.55. The largest absolute Gasteiger partial charge is 0.414 e. The SMILES string of the molecule is c1ccc2c(c1)NB1c3cc4c(cc3-c3ccccc3N12)B1Nc2ccccc2N1c1ccccc1-4. The molecule has 0 saturated heterocycles. The summed E-state index contributed by atoms with van der Waals surface area (Å²) < 4.78 is 0. The fourth-order valence-electron chi connectivity index (χ4n) is 6.66. The van der Waals surface area contributed by atoms with Crippen molar-refractivity contribution in [2.24, 2.45) is 0 Å². The zero-order chi connectivity index (χ0) is 23.4. The minimum absolute atomic E-state index is 0.0662. The van der Waals surface area contributed by atoms with E-state index < -0.39 is 0 Å². The summed E-state index contributed by atoms with van der Waals surface area (Å²) in [7, 11) is 0. The summed E-state index contributed by atoms with van der Waals surface area (Å²) in [5, 5.41) is 7.65. The summed E-state index contributed by atoms with van der Waals surface area (Å²) in [5.41, 5.74) is 15.2. The van der Waals surface area contributed by atoms with Crippen LogP contribution in [0.1, 0.15) is 0 Å². The van der Waals surface area contributed by atoms with Gasteiger partial charge in [-0.2, -0.15) is 0 Å². The lowest BCUT2D eigenvalue weighted by atomic mass is 9.55. The van der Waals surface area contributed by atoms with Crippen molar-refractivity contribution in [3.8, 4) is 22.3 Å². The normalized spacial score (nSPS) is 14.9. The van der Waals surface area contributed by atoms with Gasteiger partial charge in [-0.05, 0) is 58.5 Å². The quantitative estimate of drug-likeness (QED) is 0.298. The molecule has 4 heterocycles. The Balaban J connectivity index is 1.33. The first-order valence-corrected chi connectivity index (χ1v) is 12.5. The number of hydrogen-bond acceptors (Lipinski definition) is 4. The molecule has 0 aromatic heterocycles. The van der Waals surface area contributed by atoms with E-state index in [-0.39, 0.29) is 14.0 Å². The molecule has 0 radical (unpaired) electrons. The van der Waals surface area contributed by atoms with Gasteiger partial charge in [0.1, 0.15) is 0 Å². The van der Waals surface area contributed by atoms with Gasteiger partial charge in [0.2, 0.25) is 0 Å². The Morgan fingerprint density at radius 3 is 1.28 bits per heavy atom. The maximum atomic E-state index is 3.82. The van der Waals surface area contributed by atoms with Crippen molar-refractivity contribution in [3.05, 3.63) is 109 Å². The highest BCUT2D eigenvalue weighted by Gasteiger charge is 2.46. The molecule has 9 rings (SSSR count). The van der Waals surface area contributed by atoms with Crippen LogP contribution < -0.4 is 31.0 Å². The second-order valence-corrected chi connectivity index (χ2v) is 9.93. The van der Waals surface area contributed by atoms with Crippen LogP contribution in [0.3, 0.4) is 0 Å². The molecule has 0 saturated carbocycles. The van der Waals surface area contributed by atoms with Gasteiger partial charge in [-0.1, -0.05) is 72.8 Å².